The number of carbonyl (C=O) groups excluding carboxylic acids is 3. The number of hydrogen-bond acceptors (Lipinski definition) is 6. The molecule has 1 saturated heterocycles. The van der Waals surface area contributed by atoms with Crippen molar-refractivity contribution in [3.05, 3.63) is 54.2 Å². The minimum Gasteiger partial charge on any atom is -0.444 e. The largest absolute Gasteiger partial charge is 0.444 e. The smallest absolute Gasteiger partial charge is 0.410 e. The lowest BCUT2D eigenvalue weighted by atomic mass is 10.2. The lowest BCUT2D eigenvalue weighted by molar-refractivity contribution is -0.114. The number of hydrogen-bond donors (Lipinski definition) is 2. The fourth-order valence-electron chi connectivity index (χ4n) is 3.34. The van der Waals surface area contributed by atoms with Crippen molar-refractivity contribution >= 4 is 41.2 Å². The number of piperazine rings is 1. The third-order valence-electron chi connectivity index (χ3n) is 4.95. The van der Waals surface area contributed by atoms with Crippen LogP contribution in [0.4, 0.5) is 22.0 Å². The van der Waals surface area contributed by atoms with Crippen LogP contribution in [0, 0.1) is 0 Å². The minimum atomic E-state index is -0.508. The maximum absolute atomic E-state index is 12.2. The maximum atomic E-state index is 12.2. The zero-order chi connectivity index (χ0) is 24.7. The topological polar surface area (TPSA) is 104 Å². The summed E-state index contributed by atoms with van der Waals surface area (Å²) in [5.41, 5.74) is 1.95. The zero-order valence-electron chi connectivity index (χ0n) is 20.0. The average Bonchev–Trinajstić information content (AvgIpc) is 2.78. The Morgan fingerprint density at radius 1 is 0.971 bits per heavy atom. The fourth-order valence-corrected chi connectivity index (χ4v) is 3.34. The van der Waals surface area contributed by atoms with Gasteiger partial charge in [0.25, 0.3) is 0 Å². The first-order chi connectivity index (χ1) is 16.1. The summed E-state index contributed by atoms with van der Waals surface area (Å²) in [5, 5.41) is 5.44. The van der Waals surface area contributed by atoms with Gasteiger partial charge in [0.15, 0.2) is 0 Å². The van der Waals surface area contributed by atoms with Crippen LogP contribution in [0.15, 0.2) is 48.7 Å². The first-order valence-corrected chi connectivity index (χ1v) is 11.1. The van der Waals surface area contributed by atoms with Crippen molar-refractivity contribution in [3.63, 3.8) is 0 Å². The summed E-state index contributed by atoms with van der Waals surface area (Å²) in [4.78, 5) is 43.7. The molecule has 0 atom stereocenters. The Hall–Kier alpha value is -3.88. The van der Waals surface area contributed by atoms with Gasteiger partial charge in [-0.3, -0.25) is 9.59 Å². The molecule has 1 fully saturated rings. The molecule has 0 aliphatic carbocycles. The summed E-state index contributed by atoms with van der Waals surface area (Å²) in [5.74, 6) is 0.0215. The van der Waals surface area contributed by atoms with E-state index >= 15 is 0 Å². The number of aromatic nitrogens is 1. The number of nitrogens with zero attached hydrogens (tertiary/aromatic N) is 3. The van der Waals surface area contributed by atoms with E-state index in [9.17, 15) is 14.4 Å². The van der Waals surface area contributed by atoms with Crippen molar-refractivity contribution in [1.29, 1.82) is 0 Å². The van der Waals surface area contributed by atoms with E-state index in [2.05, 4.69) is 20.5 Å². The van der Waals surface area contributed by atoms with Crippen molar-refractivity contribution in [2.24, 2.45) is 0 Å². The van der Waals surface area contributed by atoms with E-state index in [1.807, 2.05) is 39.0 Å². The van der Waals surface area contributed by atoms with Crippen LogP contribution in [-0.4, -0.2) is 59.6 Å². The van der Waals surface area contributed by atoms with E-state index in [1.54, 1.807) is 35.4 Å². The van der Waals surface area contributed by atoms with Crippen molar-refractivity contribution in [2.45, 2.75) is 33.3 Å². The second-order valence-electron chi connectivity index (χ2n) is 8.98. The predicted octanol–water partition coefficient (Wildman–Crippen LogP) is 3.75. The van der Waals surface area contributed by atoms with Crippen LogP contribution in [-0.2, 0) is 14.3 Å². The second-order valence-corrected chi connectivity index (χ2v) is 8.98. The molecule has 0 saturated carbocycles. The molecule has 9 heteroatoms. The summed E-state index contributed by atoms with van der Waals surface area (Å²) in [6.07, 6.45) is 4.54. The maximum Gasteiger partial charge on any atom is 0.410 e. The van der Waals surface area contributed by atoms with Gasteiger partial charge in [-0.1, -0.05) is 12.1 Å². The van der Waals surface area contributed by atoms with Gasteiger partial charge in [0.2, 0.25) is 11.8 Å². The normalized spacial score (nSPS) is 14.1. The van der Waals surface area contributed by atoms with E-state index in [0.29, 0.717) is 37.7 Å². The summed E-state index contributed by atoms with van der Waals surface area (Å²) < 4.78 is 5.43. The number of nitrogens with one attached hydrogen (secondary N) is 2. The molecule has 0 unspecified atom stereocenters. The Bertz CT molecular complexity index is 1030. The van der Waals surface area contributed by atoms with Crippen molar-refractivity contribution < 1.29 is 19.1 Å². The summed E-state index contributed by atoms with van der Waals surface area (Å²) in [7, 11) is 0. The van der Waals surface area contributed by atoms with Gasteiger partial charge in [0, 0.05) is 44.9 Å². The van der Waals surface area contributed by atoms with Crippen LogP contribution in [0.3, 0.4) is 0 Å². The Labute approximate surface area is 199 Å². The summed E-state index contributed by atoms with van der Waals surface area (Å²) in [6, 6.07) is 10.8. The molecule has 0 bridgehead atoms. The highest BCUT2D eigenvalue weighted by molar-refractivity contribution is 6.01. The second kappa shape index (κ2) is 10.8. The SMILES string of the molecule is CC(=O)Nc1ccc(/C=C/C(=O)Nc2ccc(N3CCN(C(=O)OC(C)(C)C)CC3)cn2)cc1. The Morgan fingerprint density at radius 2 is 1.65 bits per heavy atom. The Kier molecular flexibility index (Phi) is 7.88. The van der Waals surface area contributed by atoms with Gasteiger partial charge in [-0.25, -0.2) is 9.78 Å². The number of carbonyl (C=O) groups is 3. The lowest BCUT2D eigenvalue weighted by Gasteiger charge is -2.36. The monoisotopic (exact) mass is 465 g/mol. The minimum absolute atomic E-state index is 0.135. The number of rotatable bonds is 5. The molecule has 1 aromatic heterocycles. The number of pyridine rings is 1. The highest BCUT2D eigenvalue weighted by Gasteiger charge is 2.26. The molecule has 1 aliphatic rings. The summed E-state index contributed by atoms with van der Waals surface area (Å²) >= 11 is 0. The molecule has 3 amide bonds. The molecule has 0 spiro atoms. The van der Waals surface area contributed by atoms with Gasteiger partial charge in [-0.2, -0.15) is 0 Å². The van der Waals surface area contributed by atoms with Crippen LogP contribution in [0.1, 0.15) is 33.3 Å². The predicted molar refractivity (Wildman–Crippen MR) is 133 cm³/mol. The average molecular weight is 466 g/mol. The third-order valence-corrected chi connectivity index (χ3v) is 4.95. The molecule has 2 heterocycles. The van der Waals surface area contributed by atoms with E-state index in [0.717, 1.165) is 11.3 Å². The number of benzene rings is 1. The van der Waals surface area contributed by atoms with Crippen molar-refractivity contribution in [3.8, 4) is 0 Å². The quantitative estimate of drug-likeness (QED) is 0.652. The molecule has 34 heavy (non-hydrogen) atoms. The van der Waals surface area contributed by atoms with E-state index in [1.165, 1.54) is 13.0 Å². The van der Waals surface area contributed by atoms with Crippen LogP contribution in [0.25, 0.3) is 6.08 Å². The van der Waals surface area contributed by atoms with Gasteiger partial charge in [-0.15, -0.1) is 0 Å². The van der Waals surface area contributed by atoms with Crippen LogP contribution < -0.4 is 15.5 Å². The highest BCUT2D eigenvalue weighted by Crippen LogP contribution is 2.19. The van der Waals surface area contributed by atoms with Crippen molar-refractivity contribution in [2.75, 3.05) is 41.7 Å². The van der Waals surface area contributed by atoms with E-state index in [4.69, 9.17) is 4.74 Å². The van der Waals surface area contributed by atoms with Crippen LogP contribution >= 0.6 is 0 Å². The first-order valence-electron chi connectivity index (χ1n) is 11.1. The molecule has 0 radical (unpaired) electrons. The molecule has 1 aliphatic heterocycles. The van der Waals surface area contributed by atoms with Gasteiger partial charge in [-0.05, 0) is 56.7 Å². The zero-order valence-corrected chi connectivity index (χ0v) is 20.0. The molecule has 180 valence electrons. The standard InChI is InChI=1S/C25H31N5O4/c1-18(31)27-20-8-5-19(6-9-20)7-12-23(32)28-22-11-10-21(17-26-22)29-13-15-30(16-14-29)24(33)34-25(2,3)4/h5-12,17H,13-16H2,1-4H3,(H,27,31)(H,26,28,32)/b12-7+. The van der Waals surface area contributed by atoms with Crippen LogP contribution in [0.2, 0.25) is 0 Å². The van der Waals surface area contributed by atoms with Gasteiger partial charge in [0.1, 0.15) is 11.4 Å². The number of ether oxygens (including phenoxy) is 1. The van der Waals surface area contributed by atoms with Gasteiger partial charge >= 0.3 is 6.09 Å². The molecule has 2 N–H and O–H groups in total. The summed E-state index contributed by atoms with van der Waals surface area (Å²) in [6.45, 7) is 9.52. The molecular formula is C25H31N5O4. The Balaban J connectivity index is 1.48. The van der Waals surface area contributed by atoms with E-state index in [-0.39, 0.29) is 17.9 Å². The Morgan fingerprint density at radius 3 is 2.21 bits per heavy atom. The molecule has 2 aromatic rings. The van der Waals surface area contributed by atoms with Gasteiger partial charge in [0.05, 0.1) is 11.9 Å². The molecule has 1 aromatic carbocycles. The molecular weight excluding hydrogens is 434 g/mol. The number of amides is 3. The molecule has 3 rings (SSSR count). The highest BCUT2D eigenvalue weighted by atomic mass is 16.6. The third kappa shape index (κ3) is 7.61. The van der Waals surface area contributed by atoms with Crippen LogP contribution in [0.5, 0.6) is 0 Å². The van der Waals surface area contributed by atoms with E-state index < -0.39 is 5.60 Å². The number of anilines is 3. The van der Waals surface area contributed by atoms with Gasteiger partial charge < -0.3 is 25.2 Å². The van der Waals surface area contributed by atoms with Crippen molar-refractivity contribution in [1.82, 2.24) is 9.88 Å². The lowest BCUT2D eigenvalue weighted by Crippen LogP contribution is -2.50. The first kappa shape index (κ1) is 24.8. The molecule has 9 nitrogen and oxygen atoms in total. The fraction of sp³-hybridized carbons (Fsp3) is 0.360.